The lowest BCUT2D eigenvalue weighted by Crippen LogP contribution is -2.51. The number of nitrogens with two attached hydrogens (primary N) is 1. The van der Waals surface area contributed by atoms with Crippen LogP contribution in [0.2, 0.25) is 0 Å². The lowest BCUT2D eigenvalue weighted by atomic mass is 10.1. The molecule has 0 bridgehead atoms. The Balaban J connectivity index is 3.74. The Morgan fingerprint density at radius 3 is 2.40 bits per heavy atom. The smallest absolute Gasteiger partial charge is 0.186 e. The third kappa shape index (κ3) is 4.14. The molecule has 0 fully saturated rings. The average molecular weight is 144 g/mol. The molecule has 0 atom stereocenters. The third-order valence-electron chi connectivity index (χ3n) is 1.09. The average Bonchev–Trinajstić information content (AvgIpc) is 1.59. The largest absolute Gasteiger partial charge is 0.370 e. The zero-order chi connectivity index (χ0) is 8.20. The van der Waals surface area contributed by atoms with Crippen molar-refractivity contribution in [3.63, 3.8) is 0 Å². The standard InChI is InChI=1S/C6H16N4/c1-6(2,4-9-3)10-5(7)8/h9H,4H2,1-3H3,(H4,7,8,10). The normalized spacial score (nSPS) is 11.1. The van der Waals surface area contributed by atoms with Crippen LogP contribution >= 0.6 is 0 Å². The summed E-state index contributed by atoms with van der Waals surface area (Å²) in [7, 11) is 1.86. The molecule has 0 amide bonds. The molecule has 10 heavy (non-hydrogen) atoms. The van der Waals surface area contributed by atoms with Crippen molar-refractivity contribution in [2.45, 2.75) is 19.4 Å². The van der Waals surface area contributed by atoms with Crippen LogP contribution in [-0.4, -0.2) is 25.1 Å². The fourth-order valence-corrected chi connectivity index (χ4v) is 0.851. The highest BCUT2D eigenvalue weighted by molar-refractivity contribution is 5.75. The monoisotopic (exact) mass is 144 g/mol. The molecule has 5 N–H and O–H groups in total. The SMILES string of the molecule is CNCC(C)(C)NC(=N)N. The van der Waals surface area contributed by atoms with Crippen LogP contribution in [0, 0.1) is 5.41 Å². The first-order chi connectivity index (χ1) is 4.48. The van der Waals surface area contributed by atoms with Gasteiger partial charge in [-0.3, -0.25) is 5.41 Å². The maximum Gasteiger partial charge on any atom is 0.186 e. The Morgan fingerprint density at radius 2 is 2.10 bits per heavy atom. The van der Waals surface area contributed by atoms with E-state index in [1.807, 2.05) is 20.9 Å². The molecule has 4 nitrogen and oxygen atoms in total. The molecule has 0 saturated heterocycles. The first-order valence-corrected chi connectivity index (χ1v) is 3.25. The van der Waals surface area contributed by atoms with Crippen LogP contribution in [0.25, 0.3) is 0 Å². The molecule has 4 heteroatoms. The summed E-state index contributed by atoms with van der Waals surface area (Å²) in [5, 5.41) is 12.8. The predicted octanol–water partition coefficient (Wildman–Crippen LogP) is -0.533. The van der Waals surface area contributed by atoms with Gasteiger partial charge in [0, 0.05) is 12.1 Å². The number of rotatable bonds is 3. The number of hydrogen-bond donors (Lipinski definition) is 4. The van der Waals surface area contributed by atoms with Gasteiger partial charge in [0.05, 0.1) is 0 Å². The van der Waals surface area contributed by atoms with Crippen molar-refractivity contribution in [2.75, 3.05) is 13.6 Å². The number of hydrogen-bond acceptors (Lipinski definition) is 2. The highest BCUT2D eigenvalue weighted by Crippen LogP contribution is 1.97. The van der Waals surface area contributed by atoms with Gasteiger partial charge in [-0.2, -0.15) is 0 Å². The van der Waals surface area contributed by atoms with E-state index in [-0.39, 0.29) is 11.5 Å². The van der Waals surface area contributed by atoms with Crippen molar-refractivity contribution in [3.05, 3.63) is 0 Å². The van der Waals surface area contributed by atoms with Crippen LogP contribution in [0.15, 0.2) is 0 Å². The highest BCUT2D eigenvalue weighted by Gasteiger charge is 2.15. The van der Waals surface area contributed by atoms with E-state index >= 15 is 0 Å². The van der Waals surface area contributed by atoms with Crippen molar-refractivity contribution in [1.29, 1.82) is 5.41 Å². The fraction of sp³-hybridized carbons (Fsp3) is 0.833. The summed E-state index contributed by atoms with van der Waals surface area (Å²) in [6.07, 6.45) is 0. The van der Waals surface area contributed by atoms with Gasteiger partial charge >= 0.3 is 0 Å². The van der Waals surface area contributed by atoms with Gasteiger partial charge in [0.1, 0.15) is 0 Å². The topological polar surface area (TPSA) is 73.9 Å². The van der Waals surface area contributed by atoms with Crippen LogP contribution in [0.1, 0.15) is 13.8 Å². The van der Waals surface area contributed by atoms with E-state index in [1.165, 1.54) is 0 Å². The lowest BCUT2D eigenvalue weighted by molar-refractivity contribution is 0.437. The zero-order valence-corrected chi connectivity index (χ0v) is 6.78. The van der Waals surface area contributed by atoms with E-state index in [0.717, 1.165) is 6.54 Å². The molecule has 0 rings (SSSR count). The molecule has 0 spiro atoms. The molecule has 0 aliphatic heterocycles. The van der Waals surface area contributed by atoms with Crippen LogP contribution in [0.3, 0.4) is 0 Å². The minimum absolute atomic E-state index is 0.0141. The van der Waals surface area contributed by atoms with Crippen LogP contribution in [0.4, 0.5) is 0 Å². The molecular weight excluding hydrogens is 128 g/mol. The van der Waals surface area contributed by atoms with Gasteiger partial charge in [0.15, 0.2) is 5.96 Å². The molecule has 0 aliphatic carbocycles. The Morgan fingerprint density at radius 1 is 1.60 bits per heavy atom. The Kier molecular flexibility index (Phi) is 3.15. The van der Waals surface area contributed by atoms with Crippen molar-refractivity contribution >= 4 is 5.96 Å². The summed E-state index contributed by atoms with van der Waals surface area (Å²) >= 11 is 0. The fourth-order valence-electron chi connectivity index (χ4n) is 0.851. The number of nitrogens with one attached hydrogen (secondary N) is 3. The quantitative estimate of drug-likeness (QED) is 0.318. The zero-order valence-electron chi connectivity index (χ0n) is 6.78. The van der Waals surface area contributed by atoms with Crippen LogP contribution in [0.5, 0.6) is 0 Å². The maximum atomic E-state index is 6.97. The second-order valence-electron chi connectivity index (χ2n) is 2.95. The van der Waals surface area contributed by atoms with Crippen LogP contribution < -0.4 is 16.4 Å². The van der Waals surface area contributed by atoms with Crippen molar-refractivity contribution < 1.29 is 0 Å². The summed E-state index contributed by atoms with van der Waals surface area (Å²) < 4.78 is 0. The Hall–Kier alpha value is -0.770. The van der Waals surface area contributed by atoms with Gasteiger partial charge in [-0.1, -0.05) is 0 Å². The van der Waals surface area contributed by atoms with Gasteiger partial charge in [-0.25, -0.2) is 0 Å². The predicted molar refractivity (Wildman–Crippen MR) is 43.1 cm³/mol. The van der Waals surface area contributed by atoms with Gasteiger partial charge in [0.2, 0.25) is 0 Å². The van der Waals surface area contributed by atoms with E-state index in [0.29, 0.717) is 0 Å². The molecule has 0 unspecified atom stereocenters. The summed E-state index contributed by atoms with van der Waals surface area (Å²) in [5.74, 6) is 0.0141. The summed E-state index contributed by atoms with van der Waals surface area (Å²) in [6, 6.07) is 0. The van der Waals surface area contributed by atoms with Crippen molar-refractivity contribution in [2.24, 2.45) is 5.73 Å². The molecule has 0 aromatic rings. The summed E-state index contributed by atoms with van der Waals surface area (Å²) in [4.78, 5) is 0. The van der Waals surface area contributed by atoms with Crippen molar-refractivity contribution in [1.82, 2.24) is 10.6 Å². The molecule has 0 aromatic carbocycles. The number of likely N-dealkylation sites (N-methyl/N-ethyl adjacent to an activating group) is 1. The summed E-state index contributed by atoms with van der Waals surface area (Å²) in [6.45, 7) is 4.74. The highest BCUT2D eigenvalue weighted by atomic mass is 15.1. The van der Waals surface area contributed by atoms with E-state index < -0.39 is 0 Å². The van der Waals surface area contributed by atoms with Crippen LogP contribution in [-0.2, 0) is 0 Å². The molecule has 0 aliphatic rings. The van der Waals surface area contributed by atoms with Gasteiger partial charge in [-0.15, -0.1) is 0 Å². The maximum absolute atomic E-state index is 6.97. The van der Waals surface area contributed by atoms with Gasteiger partial charge < -0.3 is 16.4 Å². The second-order valence-corrected chi connectivity index (χ2v) is 2.95. The second kappa shape index (κ2) is 3.41. The number of guanidine groups is 1. The molecule has 60 valence electrons. The minimum atomic E-state index is -0.138. The minimum Gasteiger partial charge on any atom is -0.370 e. The van der Waals surface area contributed by atoms with E-state index in [9.17, 15) is 0 Å². The van der Waals surface area contributed by atoms with E-state index in [2.05, 4.69) is 10.6 Å². The van der Waals surface area contributed by atoms with E-state index in [4.69, 9.17) is 11.1 Å². The molecular formula is C6H16N4. The summed E-state index contributed by atoms with van der Waals surface area (Å²) in [5.41, 5.74) is 5.01. The van der Waals surface area contributed by atoms with Gasteiger partial charge in [-0.05, 0) is 20.9 Å². The van der Waals surface area contributed by atoms with Gasteiger partial charge in [0.25, 0.3) is 0 Å². The van der Waals surface area contributed by atoms with Crippen molar-refractivity contribution in [3.8, 4) is 0 Å². The lowest BCUT2D eigenvalue weighted by Gasteiger charge is -2.25. The van der Waals surface area contributed by atoms with E-state index in [1.54, 1.807) is 0 Å². The first-order valence-electron chi connectivity index (χ1n) is 3.25. The molecule has 0 heterocycles. The molecule has 0 radical (unpaired) electrons. The Bertz CT molecular complexity index is 119. The molecule has 0 aromatic heterocycles. The molecule has 0 saturated carbocycles. The first kappa shape index (κ1) is 9.23. The Labute approximate surface area is 61.7 Å². The third-order valence-corrected chi connectivity index (χ3v) is 1.09.